The van der Waals surface area contributed by atoms with Gasteiger partial charge in [0, 0.05) is 17.1 Å². The Balaban J connectivity index is 1.88. The fourth-order valence-corrected chi connectivity index (χ4v) is 4.53. The molecule has 0 radical (unpaired) electrons. The summed E-state index contributed by atoms with van der Waals surface area (Å²) >= 11 is 3.56. The van der Waals surface area contributed by atoms with Crippen molar-refractivity contribution < 1.29 is 23.8 Å². The van der Waals surface area contributed by atoms with E-state index in [4.69, 9.17) is 9.47 Å². The van der Waals surface area contributed by atoms with Crippen LogP contribution in [-0.4, -0.2) is 38.9 Å². The Morgan fingerprint density at radius 2 is 2.03 bits per heavy atom. The van der Waals surface area contributed by atoms with Gasteiger partial charge in [0.25, 0.3) is 5.56 Å². The van der Waals surface area contributed by atoms with Crippen LogP contribution in [0.4, 0.5) is 4.39 Å². The van der Waals surface area contributed by atoms with E-state index in [1.54, 1.807) is 32.2 Å². The van der Waals surface area contributed by atoms with Crippen LogP contribution in [0.2, 0.25) is 0 Å². The Kier molecular flexibility index (Phi) is 5.91. The van der Waals surface area contributed by atoms with E-state index in [-0.39, 0.29) is 30.0 Å². The monoisotopic (exact) mass is 504 g/mol. The zero-order chi connectivity index (χ0) is 23.2. The number of nitrogens with zero attached hydrogens (tertiary/aromatic N) is 2. The van der Waals surface area contributed by atoms with Crippen LogP contribution in [0.3, 0.4) is 0 Å². The average Bonchev–Trinajstić information content (AvgIpc) is 3.06. The highest BCUT2D eigenvalue weighted by atomic mass is 79.9. The van der Waals surface area contributed by atoms with Crippen molar-refractivity contribution in [1.29, 1.82) is 0 Å². The van der Waals surface area contributed by atoms with Gasteiger partial charge in [-0.2, -0.15) is 0 Å². The molecule has 3 heterocycles. The highest BCUT2D eigenvalue weighted by Gasteiger charge is 2.34. The van der Waals surface area contributed by atoms with E-state index in [1.807, 2.05) is 0 Å². The Morgan fingerprint density at radius 1 is 1.34 bits per heavy atom. The number of carbonyl (C=O) groups is 1. The topological polar surface area (TPSA) is 90.7 Å². The highest BCUT2D eigenvalue weighted by molar-refractivity contribution is 9.10. The molecule has 1 aliphatic heterocycles. The molecule has 7 nitrogen and oxygen atoms in total. The van der Waals surface area contributed by atoms with Crippen LogP contribution in [0.15, 0.2) is 39.7 Å². The summed E-state index contributed by atoms with van der Waals surface area (Å²) in [6, 6.07) is 6.08. The predicted octanol–water partition coefficient (Wildman–Crippen LogP) is 3.95. The third-order valence-electron chi connectivity index (χ3n) is 5.37. The minimum atomic E-state index is -0.784. The van der Waals surface area contributed by atoms with E-state index in [2.05, 4.69) is 20.9 Å². The molecule has 9 heteroatoms. The Bertz CT molecular complexity index is 1270. The molecule has 1 saturated heterocycles. The number of rotatable bonds is 5. The molecule has 3 aromatic rings. The normalized spacial score (nSPS) is 17.7. The van der Waals surface area contributed by atoms with Gasteiger partial charge >= 0.3 is 0 Å². The minimum Gasteiger partial charge on any atom is -0.505 e. The molecule has 0 spiro atoms. The van der Waals surface area contributed by atoms with Crippen LogP contribution in [0.5, 0.6) is 5.75 Å². The van der Waals surface area contributed by atoms with E-state index in [9.17, 15) is 19.1 Å². The minimum absolute atomic E-state index is 0.111. The summed E-state index contributed by atoms with van der Waals surface area (Å²) in [6.07, 6.45) is 1.55. The molecular weight excluding hydrogens is 483 g/mol. The van der Waals surface area contributed by atoms with Gasteiger partial charge in [0.2, 0.25) is 0 Å². The molecule has 4 rings (SSSR count). The number of pyridine rings is 2. The van der Waals surface area contributed by atoms with Crippen molar-refractivity contribution in [2.45, 2.75) is 45.6 Å². The molecule has 0 bridgehead atoms. The third kappa shape index (κ3) is 4.20. The number of ether oxygens (including phenoxy) is 2. The smallest absolute Gasteiger partial charge is 0.265 e. The maximum absolute atomic E-state index is 13.3. The first-order valence-corrected chi connectivity index (χ1v) is 10.9. The van der Waals surface area contributed by atoms with Crippen molar-refractivity contribution in [3.8, 4) is 5.75 Å². The number of aromatic nitrogens is 2. The van der Waals surface area contributed by atoms with Crippen molar-refractivity contribution in [2.24, 2.45) is 0 Å². The van der Waals surface area contributed by atoms with Crippen molar-refractivity contribution in [3.63, 3.8) is 0 Å². The van der Waals surface area contributed by atoms with Crippen LogP contribution in [-0.2, 0) is 22.4 Å². The molecule has 1 N–H and O–H groups in total. The van der Waals surface area contributed by atoms with E-state index < -0.39 is 29.0 Å². The van der Waals surface area contributed by atoms with E-state index in [1.165, 1.54) is 23.6 Å². The van der Waals surface area contributed by atoms with Gasteiger partial charge in [-0.15, -0.1) is 0 Å². The van der Waals surface area contributed by atoms with Crippen molar-refractivity contribution in [2.75, 3.05) is 6.61 Å². The first-order chi connectivity index (χ1) is 15.1. The van der Waals surface area contributed by atoms with Crippen molar-refractivity contribution in [3.05, 3.63) is 67.8 Å². The lowest BCUT2D eigenvalue weighted by atomic mass is 10.0. The molecule has 1 atom stereocenters. The van der Waals surface area contributed by atoms with Crippen LogP contribution < -0.4 is 5.56 Å². The number of hydrogen-bond acceptors (Lipinski definition) is 6. The Labute approximate surface area is 191 Å². The second kappa shape index (κ2) is 8.38. The second-order valence-electron chi connectivity index (χ2n) is 8.24. The third-order valence-corrected chi connectivity index (χ3v) is 6.25. The number of carbonyl (C=O) groups excluding carboxylic acids is 1. The lowest BCUT2D eigenvalue weighted by Crippen LogP contribution is -2.33. The van der Waals surface area contributed by atoms with Crippen LogP contribution in [0, 0.1) is 5.82 Å². The molecule has 1 aliphatic rings. The summed E-state index contributed by atoms with van der Waals surface area (Å²) in [5.74, 6) is -2.12. The van der Waals surface area contributed by atoms with Gasteiger partial charge in [0.15, 0.2) is 17.3 Å². The number of benzene rings is 1. The number of hydrogen-bond donors (Lipinski definition) is 1. The Hall–Kier alpha value is -2.62. The van der Waals surface area contributed by atoms with Gasteiger partial charge in [0.05, 0.1) is 18.7 Å². The van der Waals surface area contributed by atoms with E-state index in [0.717, 1.165) is 11.1 Å². The average molecular weight is 505 g/mol. The second-order valence-corrected chi connectivity index (χ2v) is 9.04. The quantitative estimate of drug-likeness (QED) is 0.529. The number of aromatic hydroxyl groups is 1. The van der Waals surface area contributed by atoms with Gasteiger partial charge in [-0.05, 0) is 60.0 Å². The molecule has 0 aliphatic carbocycles. The first kappa shape index (κ1) is 22.6. The molecule has 32 heavy (non-hydrogen) atoms. The molecule has 1 aromatic carbocycles. The fourth-order valence-electron chi connectivity index (χ4n) is 3.89. The fraction of sp³-hybridized carbons (Fsp3) is 0.348. The molecule has 0 saturated carbocycles. The van der Waals surface area contributed by atoms with Gasteiger partial charge in [-0.25, -0.2) is 4.39 Å². The molecule has 1 fully saturated rings. The van der Waals surface area contributed by atoms with Gasteiger partial charge in [0.1, 0.15) is 23.0 Å². The van der Waals surface area contributed by atoms with Gasteiger partial charge < -0.3 is 19.1 Å². The summed E-state index contributed by atoms with van der Waals surface area (Å²) in [5.41, 5.74) is 1.11. The highest BCUT2D eigenvalue weighted by Crippen LogP contribution is 2.34. The predicted molar refractivity (Wildman–Crippen MR) is 119 cm³/mol. The van der Waals surface area contributed by atoms with Crippen molar-refractivity contribution in [1.82, 2.24) is 9.55 Å². The molecular formula is C23H22BrFN2O5. The summed E-state index contributed by atoms with van der Waals surface area (Å²) in [6.45, 7) is 5.17. The van der Waals surface area contributed by atoms with Gasteiger partial charge in [-0.1, -0.05) is 12.1 Å². The number of halogens is 2. The number of fused-ring (bicyclic) bond motifs is 1. The van der Waals surface area contributed by atoms with Crippen LogP contribution >= 0.6 is 15.9 Å². The summed E-state index contributed by atoms with van der Waals surface area (Å²) < 4.78 is 26.7. The molecule has 2 aromatic heterocycles. The van der Waals surface area contributed by atoms with Crippen molar-refractivity contribution >= 4 is 32.7 Å². The van der Waals surface area contributed by atoms with E-state index in [0.29, 0.717) is 16.4 Å². The first-order valence-electron chi connectivity index (χ1n) is 10.1. The van der Waals surface area contributed by atoms with Crippen LogP contribution in [0.1, 0.15) is 42.3 Å². The van der Waals surface area contributed by atoms with Gasteiger partial charge in [-0.3, -0.25) is 14.6 Å². The Morgan fingerprint density at radius 3 is 2.62 bits per heavy atom. The largest absolute Gasteiger partial charge is 0.505 e. The lowest BCUT2D eigenvalue weighted by molar-refractivity contribution is -0.139. The molecule has 168 valence electrons. The summed E-state index contributed by atoms with van der Waals surface area (Å²) in [7, 11) is 0. The SMILES string of the molecule is CC(=O)c1c(O)c2ncc(Cc3ccc(F)cc3)c(Br)c2n(C[C@@H]2COC(C)(C)O2)c1=O. The maximum Gasteiger partial charge on any atom is 0.265 e. The molecule has 0 amide bonds. The number of Topliss-reactive ketones (excluding diaryl/α,β-unsaturated/α-hetero) is 1. The van der Waals surface area contributed by atoms with E-state index >= 15 is 0 Å². The molecule has 0 unspecified atom stereocenters. The zero-order valence-corrected chi connectivity index (χ0v) is 19.4. The number of ketones is 1. The maximum atomic E-state index is 13.3. The standard InChI is InChI=1S/C23H22BrFN2O5/c1-12(28)17-21(29)19-20(27(22(17)30)10-16-11-31-23(2,3)32-16)18(24)14(9-26-19)8-13-4-6-15(25)7-5-13/h4-7,9,16,29H,8,10-11H2,1-3H3/t16-/m1/s1. The van der Waals surface area contributed by atoms with Crippen LogP contribution in [0.25, 0.3) is 11.0 Å². The lowest BCUT2D eigenvalue weighted by Gasteiger charge is -2.20. The summed E-state index contributed by atoms with van der Waals surface area (Å²) in [5, 5.41) is 10.7. The summed E-state index contributed by atoms with van der Waals surface area (Å²) in [4.78, 5) is 29.8. The zero-order valence-electron chi connectivity index (χ0n) is 17.8.